The van der Waals surface area contributed by atoms with E-state index in [0.29, 0.717) is 36.6 Å². The lowest BCUT2D eigenvalue weighted by Crippen LogP contribution is -2.44. The van der Waals surface area contributed by atoms with Crippen molar-refractivity contribution < 1.29 is 9.90 Å². The number of aryl methyl sites for hydroxylation is 1. The molecule has 3 unspecified atom stereocenters. The van der Waals surface area contributed by atoms with Crippen molar-refractivity contribution in [2.45, 2.75) is 83.7 Å². The second-order valence-corrected chi connectivity index (χ2v) is 9.17. The van der Waals surface area contributed by atoms with Crippen LogP contribution in [0.2, 0.25) is 0 Å². The standard InChI is InChI=1S/C23H32N4O4/c1-3-12-26-19-18(20(30)27(13-4-2)22(26)31)24-21(25-19)23-11-5-6-15(14-23)7-8-16(23)9-10-17(28)29/h9-10,15-16H,3-8,11-14H2,1-2H3,(H,24,25)(H,28,29). The van der Waals surface area contributed by atoms with Crippen molar-refractivity contribution >= 4 is 17.1 Å². The number of carboxylic acid groups (broad SMARTS) is 1. The highest BCUT2D eigenvalue weighted by atomic mass is 16.4. The van der Waals surface area contributed by atoms with E-state index in [2.05, 4.69) is 4.98 Å². The number of rotatable bonds is 7. The first-order valence-corrected chi connectivity index (χ1v) is 11.6. The predicted molar refractivity (Wildman–Crippen MR) is 118 cm³/mol. The van der Waals surface area contributed by atoms with Crippen molar-refractivity contribution in [2.75, 3.05) is 0 Å². The summed E-state index contributed by atoms with van der Waals surface area (Å²) in [5.74, 6) is 0.426. The van der Waals surface area contributed by atoms with Gasteiger partial charge in [0.1, 0.15) is 11.3 Å². The van der Waals surface area contributed by atoms with Crippen LogP contribution >= 0.6 is 0 Å². The number of nitrogens with one attached hydrogen (secondary N) is 1. The number of aromatic nitrogens is 4. The van der Waals surface area contributed by atoms with Crippen LogP contribution in [0, 0.1) is 11.8 Å². The Morgan fingerprint density at radius 2 is 1.94 bits per heavy atom. The summed E-state index contributed by atoms with van der Waals surface area (Å²) in [5.41, 5.74) is -0.113. The third-order valence-corrected chi connectivity index (χ3v) is 7.18. The fourth-order valence-corrected chi connectivity index (χ4v) is 5.82. The molecule has 2 saturated carbocycles. The zero-order chi connectivity index (χ0) is 22.2. The summed E-state index contributed by atoms with van der Waals surface area (Å²) in [6.45, 7) is 4.82. The van der Waals surface area contributed by atoms with E-state index in [4.69, 9.17) is 4.98 Å². The Morgan fingerprint density at radius 3 is 2.65 bits per heavy atom. The summed E-state index contributed by atoms with van der Waals surface area (Å²) in [6.07, 6.45) is 10.6. The zero-order valence-electron chi connectivity index (χ0n) is 18.4. The van der Waals surface area contributed by atoms with E-state index in [-0.39, 0.29) is 22.6 Å². The van der Waals surface area contributed by atoms with Crippen LogP contribution in [0.1, 0.15) is 71.0 Å². The number of allylic oxidation sites excluding steroid dienone is 1. The molecule has 0 saturated heterocycles. The summed E-state index contributed by atoms with van der Waals surface area (Å²) in [4.78, 5) is 45.6. The molecule has 2 aromatic heterocycles. The van der Waals surface area contributed by atoms with Gasteiger partial charge in [0.25, 0.3) is 5.56 Å². The summed E-state index contributed by atoms with van der Waals surface area (Å²) in [6, 6.07) is 0. The molecule has 2 aromatic rings. The van der Waals surface area contributed by atoms with Crippen LogP contribution in [0.25, 0.3) is 11.2 Å². The van der Waals surface area contributed by atoms with Gasteiger partial charge in [0.2, 0.25) is 0 Å². The largest absolute Gasteiger partial charge is 0.478 e. The van der Waals surface area contributed by atoms with Crippen LogP contribution in [0.3, 0.4) is 0 Å². The van der Waals surface area contributed by atoms with Crippen molar-refractivity contribution in [2.24, 2.45) is 11.8 Å². The Labute approximate surface area is 181 Å². The van der Waals surface area contributed by atoms with Crippen LogP contribution in [-0.2, 0) is 23.3 Å². The Balaban J connectivity index is 1.92. The van der Waals surface area contributed by atoms with E-state index in [0.717, 1.165) is 44.3 Å². The molecule has 168 valence electrons. The molecule has 0 spiro atoms. The molecule has 0 radical (unpaired) electrons. The number of H-pyrrole nitrogens is 1. The molecule has 8 nitrogen and oxygen atoms in total. The number of carboxylic acids is 1. The maximum Gasteiger partial charge on any atom is 0.332 e. The lowest BCUT2D eigenvalue weighted by atomic mass is 9.56. The molecule has 31 heavy (non-hydrogen) atoms. The number of hydrogen-bond acceptors (Lipinski definition) is 4. The molecule has 2 aliphatic rings. The van der Waals surface area contributed by atoms with Gasteiger partial charge in [-0.15, -0.1) is 0 Å². The van der Waals surface area contributed by atoms with Gasteiger partial charge in [-0.3, -0.25) is 13.9 Å². The lowest BCUT2D eigenvalue weighted by Gasteiger charge is -2.48. The molecule has 3 atom stereocenters. The molecule has 2 N–H and O–H groups in total. The number of imidazole rings is 1. The molecule has 0 aliphatic heterocycles. The minimum absolute atomic E-state index is 0.0462. The third kappa shape index (κ3) is 3.66. The number of hydrogen-bond donors (Lipinski definition) is 2. The van der Waals surface area contributed by atoms with Gasteiger partial charge in [-0.1, -0.05) is 32.8 Å². The first-order chi connectivity index (χ1) is 14.9. The molecule has 0 aromatic carbocycles. The maximum atomic E-state index is 13.1. The topological polar surface area (TPSA) is 110 Å². The molecule has 2 bridgehead atoms. The van der Waals surface area contributed by atoms with Crippen LogP contribution in [0.15, 0.2) is 21.7 Å². The van der Waals surface area contributed by atoms with Crippen molar-refractivity contribution in [1.82, 2.24) is 19.1 Å². The van der Waals surface area contributed by atoms with Gasteiger partial charge in [0, 0.05) is 24.6 Å². The van der Waals surface area contributed by atoms with Crippen molar-refractivity contribution in [1.29, 1.82) is 0 Å². The highest BCUT2D eigenvalue weighted by Gasteiger charge is 2.48. The van der Waals surface area contributed by atoms with Crippen LogP contribution in [0.4, 0.5) is 0 Å². The molecule has 2 fully saturated rings. The second kappa shape index (κ2) is 8.48. The van der Waals surface area contributed by atoms with Gasteiger partial charge in [0.05, 0.1) is 0 Å². The van der Waals surface area contributed by atoms with E-state index >= 15 is 0 Å². The van der Waals surface area contributed by atoms with E-state index in [1.165, 1.54) is 17.1 Å². The van der Waals surface area contributed by atoms with Crippen molar-refractivity contribution in [3.8, 4) is 0 Å². The van der Waals surface area contributed by atoms with Crippen molar-refractivity contribution in [3.05, 3.63) is 38.8 Å². The number of fused-ring (bicyclic) bond motifs is 3. The molecular formula is C23H32N4O4. The Hall–Kier alpha value is -2.64. The summed E-state index contributed by atoms with van der Waals surface area (Å²) >= 11 is 0. The molecule has 0 amide bonds. The fourth-order valence-electron chi connectivity index (χ4n) is 5.82. The van der Waals surface area contributed by atoms with Gasteiger partial charge in [-0.25, -0.2) is 14.6 Å². The maximum absolute atomic E-state index is 13.1. The summed E-state index contributed by atoms with van der Waals surface area (Å²) in [7, 11) is 0. The van der Waals surface area contributed by atoms with Gasteiger partial charge >= 0.3 is 11.7 Å². The number of nitrogens with zero attached hydrogens (tertiary/aromatic N) is 3. The van der Waals surface area contributed by atoms with E-state index in [1.54, 1.807) is 4.57 Å². The van der Waals surface area contributed by atoms with Crippen LogP contribution in [-0.4, -0.2) is 30.2 Å². The number of aromatic amines is 1. The van der Waals surface area contributed by atoms with Crippen molar-refractivity contribution in [3.63, 3.8) is 0 Å². The van der Waals surface area contributed by atoms with Gasteiger partial charge in [-0.2, -0.15) is 0 Å². The fraction of sp³-hybridized carbons (Fsp3) is 0.652. The first kappa shape index (κ1) is 21.6. The average Bonchev–Trinajstić information content (AvgIpc) is 3.20. The second-order valence-electron chi connectivity index (χ2n) is 9.17. The first-order valence-electron chi connectivity index (χ1n) is 11.6. The Kier molecular flexibility index (Phi) is 5.90. The average molecular weight is 429 g/mol. The minimum Gasteiger partial charge on any atom is -0.478 e. The Bertz CT molecular complexity index is 1130. The zero-order valence-corrected chi connectivity index (χ0v) is 18.4. The normalized spacial score (nSPS) is 26.0. The van der Waals surface area contributed by atoms with E-state index < -0.39 is 5.97 Å². The van der Waals surface area contributed by atoms with Crippen LogP contribution in [0.5, 0.6) is 0 Å². The van der Waals surface area contributed by atoms with Gasteiger partial charge in [-0.05, 0) is 50.4 Å². The molecule has 2 heterocycles. The smallest absolute Gasteiger partial charge is 0.332 e. The predicted octanol–water partition coefficient (Wildman–Crippen LogP) is 3.19. The molecular weight excluding hydrogens is 396 g/mol. The molecule has 8 heteroatoms. The van der Waals surface area contributed by atoms with Crippen LogP contribution < -0.4 is 11.2 Å². The Morgan fingerprint density at radius 1 is 1.19 bits per heavy atom. The monoisotopic (exact) mass is 428 g/mol. The lowest BCUT2D eigenvalue weighted by molar-refractivity contribution is -0.131. The SMILES string of the molecule is CCCn1c(=O)c2[nH]c(C34CCCC(CCC3C=CC(=O)O)C4)nc2n(CCC)c1=O. The van der Waals surface area contributed by atoms with Gasteiger partial charge < -0.3 is 10.1 Å². The highest BCUT2D eigenvalue weighted by molar-refractivity contribution is 5.79. The third-order valence-electron chi connectivity index (χ3n) is 7.18. The highest BCUT2D eigenvalue weighted by Crippen LogP contribution is 2.53. The summed E-state index contributed by atoms with van der Waals surface area (Å²) in [5, 5.41) is 9.19. The van der Waals surface area contributed by atoms with E-state index in [1.807, 2.05) is 19.9 Å². The minimum atomic E-state index is -0.947. The van der Waals surface area contributed by atoms with E-state index in [9.17, 15) is 19.5 Å². The summed E-state index contributed by atoms with van der Waals surface area (Å²) < 4.78 is 2.93. The number of aliphatic carboxylic acids is 1. The number of carbonyl (C=O) groups is 1. The van der Waals surface area contributed by atoms with Gasteiger partial charge in [0.15, 0.2) is 5.65 Å². The quantitative estimate of drug-likeness (QED) is 0.658. The molecule has 2 aliphatic carbocycles. The molecule has 4 rings (SSSR count).